The standard InChI is InChI=1S/C15H20ClN3/c1-11(2)17-8-13-4-6-14(7-5-13)10-19-12(3)15(16)9-18-19/h4-7,9,11,17H,8,10H2,1-3H3. The highest BCUT2D eigenvalue weighted by Crippen LogP contribution is 2.15. The van der Waals surface area contributed by atoms with E-state index >= 15 is 0 Å². The van der Waals surface area contributed by atoms with Crippen molar-refractivity contribution >= 4 is 11.6 Å². The van der Waals surface area contributed by atoms with E-state index in [0.717, 1.165) is 23.8 Å². The fourth-order valence-corrected chi connectivity index (χ4v) is 1.98. The summed E-state index contributed by atoms with van der Waals surface area (Å²) in [5, 5.41) is 8.39. The Labute approximate surface area is 119 Å². The lowest BCUT2D eigenvalue weighted by molar-refractivity contribution is 0.588. The number of hydrogen-bond acceptors (Lipinski definition) is 2. The lowest BCUT2D eigenvalue weighted by Crippen LogP contribution is -2.21. The second-order valence-electron chi connectivity index (χ2n) is 5.09. The first kappa shape index (κ1) is 14.1. The number of rotatable bonds is 5. The van der Waals surface area contributed by atoms with E-state index in [-0.39, 0.29) is 0 Å². The van der Waals surface area contributed by atoms with Gasteiger partial charge in [0.05, 0.1) is 23.5 Å². The van der Waals surface area contributed by atoms with Gasteiger partial charge in [0.15, 0.2) is 0 Å². The molecule has 2 aromatic rings. The third kappa shape index (κ3) is 3.82. The molecule has 0 spiro atoms. The summed E-state index contributed by atoms with van der Waals surface area (Å²) in [7, 11) is 0. The summed E-state index contributed by atoms with van der Waals surface area (Å²) in [4.78, 5) is 0. The van der Waals surface area contributed by atoms with E-state index in [4.69, 9.17) is 11.6 Å². The number of aromatic nitrogens is 2. The maximum Gasteiger partial charge on any atom is 0.0815 e. The molecule has 0 saturated carbocycles. The zero-order valence-corrected chi connectivity index (χ0v) is 12.4. The van der Waals surface area contributed by atoms with Gasteiger partial charge in [0.25, 0.3) is 0 Å². The second-order valence-corrected chi connectivity index (χ2v) is 5.49. The Bertz CT molecular complexity index is 529. The summed E-state index contributed by atoms with van der Waals surface area (Å²) in [5.74, 6) is 0. The van der Waals surface area contributed by atoms with Gasteiger partial charge < -0.3 is 5.32 Å². The van der Waals surface area contributed by atoms with Crippen molar-refractivity contribution in [3.63, 3.8) is 0 Å². The Morgan fingerprint density at radius 3 is 2.37 bits per heavy atom. The average Bonchev–Trinajstić information content (AvgIpc) is 2.70. The van der Waals surface area contributed by atoms with Crippen molar-refractivity contribution in [1.82, 2.24) is 15.1 Å². The van der Waals surface area contributed by atoms with Crippen molar-refractivity contribution < 1.29 is 0 Å². The highest BCUT2D eigenvalue weighted by molar-refractivity contribution is 6.31. The molecule has 3 nitrogen and oxygen atoms in total. The molecule has 0 aliphatic carbocycles. The van der Waals surface area contributed by atoms with E-state index < -0.39 is 0 Å². The molecule has 1 aromatic carbocycles. The largest absolute Gasteiger partial charge is 0.310 e. The SMILES string of the molecule is Cc1c(Cl)cnn1Cc1ccc(CNC(C)C)cc1. The zero-order chi connectivity index (χ0) is 13.8. The minimum absolute atomic E-state index is 0.508. The summed E-state index contributed by atoms with van der Waals surface area (Å²) >= 11 is 6.00. The molecule has 0 aliphatic rings. The Balaban J connectivity index is 2.00. The third-order valence-electron chi connectivity index (χ3n) is 3.11. The topological polar surface area (TPSA) is 29.9 Å². The molecule has 0 unspecified atom stereocenters. The van der Waals surface area contributed by atoms with Gasteiger partial charge in [-0.3, -0.25) is 4.68 Å². The smallest absolute Gasteiger partial charge is 0.0815 e. The van der Waals surface area contributed by atoms with Crippen LogP contribution in [-0.4, -0.2) is 15.8 Å². The van der Waals surface area contributed by atoms with Gasteiger partial charge in [-0.15, -0.1) is 0 Å². The van der Waals surface area contributed by atoms with Gasteiger partial charge in [0, 0.05) is 12.6 Å². The second kappa shape index (κ2) is 6.22. The Morgan fingerprint density at radius 2 is 1.84 bits per heavy atom. The Kier molecular flexibility index (Phi) is 4.61. The van der Waals surface area contributed by atoms with Crippen LogP contribution in [0.15, 0.2) is 30.5 Å². The van der Waals surface area contributed by atoms with Gasteiger partial charge in [0.1, 0.15) is 0 Å². The quantitative estimate of drug-likeness (QED) is 0.908. The summed E-state index contributed by atoms with van der Waals surface area (Å²) in [6, 6.07) is 9.11. The normalized spacial score (nSPS) is 11.2. The van der Waals surface area contributed by atoms with Crippen molar-refractivity contribution in [1.29, 1.82) is 0 Å². The first-order chi connectivity index (χ1) is 9.06. The van der Waals surface area contributed by atoms with Crippen LogP contribution >= 0.6 is 11.6 Å². The molecule has 4 heteroatoms. The van der Waals surface area contributed by atoms with Crippen molar-refractivity contribution in [2.75, 3.05) is 0 Å². The first-order valence-electron chi connectivity index (χ1n) is 6.55. The van der Waals surface area contributed by atoms with Gasteiger partial charge in [-0.25, -0.2) is 0 Å². The van der Waals surface area contributed by atoms with Crippen LogP contribution in [0.3, 0.4) is 0 Å². The van der Waals surface area contributed by atoms with Crippen LogP contribution in [0.1, 0.15) is 30.7 Å². The number of nitrogens with zero attached hydrogens (tertiary/aromatic N) is 2. The summed E-state index contributed by atoms with van der Waals surface area (Å²) in [6.45, 7) is 7.95. The van der Waals surface area contributed by atoms with Gasteiger partial charge in [-0.2, -0.15) is 5.10 Å². The van der Waals surface area contributed by atoms with E-state index in [1.807, 2.05) is 11.6 Å². The molecule has 102 valence electrons. The van der Waals surface area contributed by atoms with Crippen LogP contribution in [0.2, 0.25) is 5.02 Å². The fourth-order valence-electron chi connectivity index (χ4n) is 1.84. The van der Waals surface area contributed by atoms with Crippen LogP contribution in [0, 0.1) is 6.92 Å². The van der Waals surface area contributed by atoms with Crippen molar-refractivity contribution in [3.8, 4) is 0 Å². The van der Waals surface area contributed by atoms with Crippen LogP contribution in [0.25, 0.3) is 0 Å². The first-order valence-corrected chi connectivity index (χ1v) is 6.93. The average molecular weight is 278 g/mol. The summed E-state index contributed by atoms with van der Waals surface area (Å²) in [5.41, 5.74) is 3.54. The molecule has 0 bridgehead atoms. The van der Waals surface area contributed by atoms with E-state index in [1.54, 1.807) is 6.20 Å². The maximum absolute atomic E-state index is 6.00. The maximum atomic E-state index is 6.00. The molecule has 1 N–H and O–H groups in total. The Hall–Kier alpha value is -1.32. The van der Waals surface area contributed by atoms with Gasteiger partial charge in [-0.1, -0.05) is 49.7 Å². The summed E-state index contributed by atoms with van der Waals surface area (Å²) < 4.78 is 1.92. The minimum Gasteiger partial charge on any atom is -0.310 e. The van der Waals surface area contributed by atoms with E-state index in [0.29, 0.717) is 6.04 Å². The molecule has 0 radical (unpaired) electrons. The summed E-state index contributed by atoms with van der Waals surface area (Å²) in [6.07, 6.45) is 1.69. The molecule has 0 fully saturated rings. The van der Waals surface area contributed by atoms with Crippen LogP contribution in [-0.2, 0) is 13.1 Å². The molecule has 0 saturated heterocycles. The highest BCUT2D eigenvalue weighted by Gasteiger charge is 2.04. The fraction of sp³-hybridized carbons (Fsp3) is 0.400. The predicted molar refractivity (Wildman–Crippen MR) is 79.5 cm³/mol. The third-order valence-corrected chi connectivity index (χ3v) is 3.48. The van der Waals surface area contributed by atoms with Crippen LogP contribution in [0.4, 0.5) is 0 Å². The number of nitrogens with one attached hydrogen (secondary N) is 1. The predicted octanol–water partition coefficient (Wildman–Crippen LogP) is 3.39. The molecule has 19 heavy (non-hydrogen) atoms. The van der Waals surface area contributed by atoms with Crippen molar-refractivity contribution in [2.24, 2.45) is 0 Å². The van der Waals surface area contributed by atoms with Gasteiger partial charge in [-0.05, 0) is 18.1 Å². The monoisotopic (exact) mass is 277 g/mol. The van der Waals surface area contributed by atoms with Crippen LogP contribution < -0.4 is 5.32 Å². The molecule has 2 rings (SSSR count). The lowest BCUT2D eigenvalue weighted by Gasteiger charge is -2.09. The highest BCUT2D eigenvalue weighted by atomic mass is 35.5. The molecule has 0 atom stereocenters. The molecule has 0 amide bonds. The van der Waals surface area contributed by atoms with Crippen LogP contribution in [0.5, 0.6) is 0 Å². The molecular formula is C15H20ClN3. The number of hydrogen-bond donors (Lipinski definition) is 1. The minimum atomic E-state index is 0.508. The molecule has 0 aliphatic heterocycles. The zero-order valence-electron chi connectivity index (χ0n) is 11.7. The Morgan fingerprint density at radius 1 is 1.21 bits per heavy atom. The van der Waals surface area contributed by atoms with Gasteiger partial charge in [0.2, 0.25) is 0 Å². The molecular weight excluding hydrogens is 258 g/mol. The van der Waals surface area contributed by atoms with E-state index in [1.165, 1.54) is 11.1 Å². The van der Waals surface area contributed by atoms with Crippen molar-refractivity contribution in [3.05, 3.63) is 52.3 Å². The molecule has 1 aromatic heterocycles. The van der Waals surface area contributed by atoms with E-state index in [9.17, 15) is 0 Å². The number of benzene rings is 1. The lowest BCUT2D eigenvalue weighted by atomic mass is 10.1. The number of halogens is 1. The van der Waals surface area contributed by atoms with E-state index in [2.05, 4.69) is 48.5 Å². The van der Waals surface area contributed by atoms with Crippen molar-refractivity contribution in [2.45, 2.75) is 39.9 Å². The van der Waals surface area contributed by atoms with Gasteiger partial charge >= 0.3 is 0 Å². The molecule has 1 heterocycles.